The molecule has 2 atom stereocenters. The molecule has 0 radical (unpaired) electrons. The molecule has 182 valence electrons. The van der Waals surface area contributed by atoms with Gasteiger partial charge in [0.1, 0.15) is 17.4 Å². The Bertz CT molecular complexity index is 1360. The molecule has 5 rings (SSSR count). The largest absolute Gasteiger partial charge is 0.490 e. The number of anilines is 1. The summed E-state index contributed by atoms with van der Waals surface area (Å²) in [5, 5.41) is 10.3. The number of carbonyl (C=O) groups is 1. The fourth-order valence-corrected chi connectivity index (χ4v) is 4.73. The van der Waals surface area contributed by atoms with E-state index in [4.69, 9.17) is 4.74 Å². The number of aryl methyl sites for hydroxylation is 1. The number of nitrogens with one attached hydrogen (secondary N) is 2. The Labute approximate surface area is 203 Å². The number of nitrogens with zero attached hydrogens (tertiary/aromatic N) is 3. The van der Waals surface area contributed by atoms with E-state index >= 15 is 0 Å². The predicted octanol–water partition coefficient (Wildman–Crippen LogP) is 6.01. The molecule has 1 fully saturated rings. The molecule has 1 amide bonds. The molecular weight excluding hydrogens is 445 g/mol. The van der Waals surface area contributed by atoms with Crippen molar-refractivity contribution in [1.82, 2.24) is 19.7 Å². The Hall–Kier alpha value is -3.68. The summed E-state index contributed by atoms with van der Waals surface area (Å²) in [6, 6.07) is 10.4. The molecule has 0 aliphatic heterocycles. The van der Waals surface area contributed by atoms with Crippen LogP contribution in [0.15, 0.2) is 42.6 Å². The topological polar surface area (TPSA) is 84.8 Å². The fourth-order valence-electron chi connectivity index (χ4n) is 4.73. The molecule has 0 spiro atoms. The smallest absolute Gasteiger partial charge is 0.276 e. The first kappa shape index (κ1) is 23.1. The van der Waals surface area contributed by atoms with Crippen molar-refractivity contribution in [3.8, 4) is 17.0 Å². The van der Waals surface area contributed by atoms with Gasteiger partial charge in [-0.15, -0.1) is 0 Å². The summed E-state index contributed by atoms with van der Waals surface area (Å²) in [6.07, 6.45) is 7.68. The molecule has 35 heavy (non-hydrogen) atoms. The van der Waals surface area contributed by atoms with Crippen molar-refractivity contribution in [3.63, 3.8) is 0 Å². The fraction of sp³-hybridized carbons (Fsp3) is 0.370. The summed E-state index contributed by atoms with van der Waals surface area (Å²) in [5.41, 5.74) is 2.29. The molecular formula is C27H30FN5O2. The third-order valence-electron chi connectivity index (χ3n) is 6.98. The minimum absolute atomic E-state index is 0.202. The highest BCUT2D eigenvalue weighted by atomic mass is 19.1. The maximum absolute atomic E-state index is 14.8. The third kappa shape index (κ3) is 4.78. The summed E-state index contributed by atoms with van der Waals surface area (Å²) in [5.74, 6) is 1.56. The number of halogens is 1. The maximum Gasteiger partial charge on any atom is 0.276 e. The Morgan fingerprint density at radius 2 is 1.97 bits per heavy atom. The first-order chi connectivity index (χ1) is 16.9. The lowest BCUT2D eigenvalue weighted by Gasteiger charge is -2.17. The Morgan fingerprint density at radius 1 is 1.17 bits per heavy atom. The van der Waals surface area contributed by atoms with E-state index in [2.05, 4.69) is 27.4 Å². The summed E-state index contributed by atoms with van der Waals surface area (Å²) in [4.78, 5) is 17.3. The molecule has 4 aromatic rings. The van der Waals surface area contributed by atoms with Gasteiger partial charge in [0, 0.05) is 29.8 Å². The minimum Gasteiger partial charge on any atom is -0.490 e. The van der Waals surface area contributed by atoms with Gasteiger partial charge in [-0.2, -0.15) is 5.10 Å². The van der Waals surface area contributed by atoms with Crippen LogP contribution in [0.5, 0.6) is 5.75 Å². The summed E-state index contributed by atoms with van der Waals surface area (Å²) in [7, 11) is 1.83. The van der Waals surface area contributed by atoms with Crippen LogP contribution < -0.4 is 10.1 Å². The first-order valence-corrected chi connectivity index (χ1v) is 12.1. The number of imidazole rings is 1. The first-order valence-electron chi connectivity index (χ1n) is 12.1. The SMILES string of the molecule is Cc1ncc(-c2cc3c(C(=O)Nc4ccc(OC5CCCC(C)CC5)cc4)n[nH]c3cc2F)n1C. The van der Waals surface area contributed by atoms with Crippen molar-refractivity contribution in [3.05, 3.63) is 59.9 Å². The van der Waals surface area contributed by atoms with E-state index in [0.29, 0.717) is 27.8 Å². The zero-order valence-corrected chi connectivity index (χ0v) is 20.3. The molecule has 2 unspecified atom stereocenters. The zero-order valence-electron chi connectivity index (χ0n) is 20.3. The standard InChI is InChI=1S/C27H30FN5O2/c1-16-5-4-6-19(10-7-16)35-20-11-8-18(9-12-20)30-27(34)26-22-13-21(23(28)14-24(22)31-32-26)25-15-29-17(2)33(25)3/h8-9,11-16,19H,4-7,10H2,1-3H3,(H,30,34)(H,31,32). The average Bonchev–Trinajstić information content (AvgIpc) is 3.32. The number of hydrogen-bond acceptors (Lipinski definition) is 4. The number of hydrogen-bond donors (Lipinski definition) is 2. The number of aromatic amines is 1. The molecule has 8 heteroatoms. The average molecular weight is 476 g/mol. The van der Waals surface area contributed by atoms with Crippen LogP contribution in [0.25, 0.3) is 22.2 Å². The van der Waals surface area contributed by atoms with E-state index in [1.165, 1.54) is 25.3 Å². The van der Waals surface area contributed by atoms with Crippen molar-refractivity contribution in [2.75, 3.05) is 5.32 Å². The summed E-state index contributed by atoms with van der Waals surface area (Å²) >= 11 is 0. The van der Waals surface area contributed by atoms with Gasteiger partial charge in [-0.25, -0.2) is 9.37 Å². The van der Waals surface area contributed by atoms with E-state index in [9.17, 15) is 9.18 Å². The molecule has 1 aliphatic rings. The van der Waals surface area contributed by atoms with Crippen molar-refractivity contribution in [2.24, 2.45) is 13.0 Å². The lowest BCUT2D eigenvalue weighted by molar-refractivity contribution is 0.102. The normalized spacial score (nSPS) is 18.4. The highest BCUT2D eigenvalue weighted by molar-refractivity contribution is 6.11. The van der Waals surface area contributed by atoms with Crippen LogP contribution in [0.1, 0.15) is 55.3 Å². The van der Waals surface area contributed by atoms with Crippen LogP contribution in [0.2, 0.25) is 0 Å². The lowest BCUT2D eigenvalue weighted by atomic mass is 10.0. The van der Waals surface area contributed by atoms with Crippen molar-refractivity contribution in [2.45, 2.75) is 52.1 Å². The Kier molecular flexibility index (Phi) is 6.28. The van der Waals surface area contributed by atoms with Gasteiger partial charge in [-0.3, -0.25) is 9.89 Å². The lowest BCUT2D eigenvalue weighted by Crippen LogP contribution is -2.15. The van der Waals surface area contributed by atoms with Gasteiger partial charge in [0.15, 0.2) is 5.69 Å². The highest BCUT2D eigenvalue weighted by Gasteiger charge is 2.20. The van der Waals surface area contributed by atoms with Crippen molar-refractivity contribution >= 4 is 22.5 Å². The minimum atomic E-state index is -0.408. The predicted molar refractivity (Wildman–Crippen MR) is 134 cm³/mol. The second-order valence-corrected chi connectivity index (χ2v) is 9.53. The Balaban J connectivity index is 1.32. The molecule has 1 aliphatic carbocycles. The highest BCUT2D eigenvalue weighted by Crippen LogP contribution is 2.30. The van der Waals surface area contributed by atoms with Crippen molar-refractivity contribution in [1.29, 1.82) is 0 Å². The van der Waals surface area contributed by atoms with Gasteiger partial charge in [-0.05, 0) is 68.9 Å². The summed E-state index contributed by atoms with van der Waals surface area (Å²) < 4.78 is 22.8. The summed E-state index contributed by atoms with van der Waals surface area (Å²) in [6.45, 7) is 4.16. The zero-order chi connectivity index (χ0) is 24.5. The van der Waals surface area contributed by atoms with Crippen LogP contribution in [0, 0.1) is 18.7 Å². The molecule has 2 aromatic carbocycles. The molecule has 2 aromatic heterocycles. The number of amides is 1. The number of fused-ring (bicyclic) bond motifs is 1. The molecule has 2 N–H and O–H groups in total. The van der Waals surface area contributed by atoms with E-state index in [1.54, 1.807) is 12.3 Å². The third-order valence-corrected chi connectivity index (χ3v) is 6.98. The number of carbonyl (C=O) groups excluding carboxylic acids is 1. The van der Waals surface area contributed by atoms with E-state index in [-0.39, 0.29) is 17.7 Å². The van der Waals surface area contributed by atoms with Crippen LogP contribution in [0.4, 0.5) is 10.1 Å². The Morgan fingerprint density at radius 3 is 2.71 bits per heavy atom. The number of rotatable bonds is 5. The van der Waals surface area contributed by atoms with Gasteiger partial charge in [0.05, 0.1) is 23.5 Å². The molecule has 1 saturated carbocycles. The van der Waals surface area contributed by atoms with Crippen LogP contribution >= 0.6 is 0 Å². The quantitative estimate of drug-likeness (QED) is 0.346. The number of ether oxygens (including phenoxy) is 1. The maximum atomic E-state index is 14.8. The van der Waals surface area contributed by atoms with Crippen LogP contribution in [-0.2, 0) is 7.05 Å². The van der Waals surface area contributed by atoms with Crippen LogP contribution in [-0.4, -0.2) is 31.8 Å². The van der Waals surface area contributed by atoms with Gasteiger partial charge >= 0.3 is 0 Å². The molecule has 0 bridgehead atoms. The number of aromatic nitrogens is 4. The van der Waals surface area contributed by atoms with E-state index in [1.807, 2.05) is 42.8 Å². The van der Waals surface area contributed by atoms with Gasteiger partial charge in [0.2, 0.25) is 0 Å². The molecule has 2 heterocycles. The molecule has 7 nitrogen and oxygen atoms in total. The second-order valence-electron chi connectivity index (χ2n) is 9.53. The number of H-pyrrole nitrogens is 1. The van der Waals surface area contributed by atoms with E-state index < -0.39 is 5.82 Å². The van der Waals surface area contributed by atoms with Crippen molar-refractivity contribution < 1.29 is 13.9 Å². The van der Waals surface area contributed by atoms with Gasteiger partial charge in [0.25, 0.3) is 5.91 Å². The monoisotopic (exact) mass is 475 g/mol. The van der Waals surface area contributed by atoms with Gasteiger partial charge < -0.3 is 14.6 Å². The van der Waals surface area contributed by atoms with E-state index in [0.717, 1.165) is 30.3 Å². The van der Waals surface area contributed by atoms with Gasteiger partial charge in [-0.1, -0.05) is 13.3 Å². The number of benzene rings is 2. The molecule has 0 saturated heterocycles. The van der Waals surface area contributed by atoms with Crippen LogP contribution in [0.3, 0.4) is 0 Å². The second kappa shape index (κ2) is 9.52.